The van der Waals surface area contributed by atoms with Gasteiger partial charge in [-0.15, -0.1) is 0 Å². The zero-order chi connectivity index (χ0) is 15.4. The minimum Gasteiger partial charge on any atom is -0.461 e. The van der Waals surface area contributed by atoms with Gasteiger partial charge in [0.25, 0.3) is 0 Å². The summed E-state index contributed by atoms with van der Waals surface area (Å²) in [6.45, 7) is 8.33. The number of aryl methyl sites for hydroxylation is 1. The van der Waals surface area contributed by atoms with E-state index in [2.05, 4.69) is 18.8 Å². The maximum atomic E-state index is 11.5. The fraction of sp³-hybridized carbons (Fsp3) is 0.375. The van der Waals surface area contributed by atoms with Crippen molar-refractivity contribution in [2.75, 3.05) is 6.61 Å². The van der Waals surface area contributed by atoms with Crippen molar-refractivity contribution in [3.63, 3.8) is 0 Å². The minimum atomic E-state index is -0.526. The maximum absolute atomic E-state index is 11.5. The second-order valence-electron chi connectivity index (χ2n) is 4.99. The van der Waals surface area contributed by atoms with Crippen LogP contribution in [-0.4, -0.2) is 17.6 Å². The summed E-state index contributed by atoms with van der Waals surface area (Å²) in [6.07, 6.45) is 1.25. The molecule has 21 heavy (non-hydrogen) atoms. The Morgan fingerprint density at radius 1 is 1.38 bits per heavy atom. The Morgan fingerprint density at radius 2 is 2.14 bits per heavy atom. The highest BCUT2D eigenvalue weighted by molar-refractivity contribution is 5.86. The first-order chi connectivity index (χ1) is 10.0. The van der Waals surface area contributed by atoms with Gasteiger partial charge in [0.15, 0.2) is 5.69 Å². The summed E-state index contributed by atoms with van der Waals surface area (Å²) in [4.78, 5) is 15.4. The SMILES string of the molecule is CCOC(=O)c1coc(Oc2ccc(C(C)C)c(C)c2)n1. The van der Waals surface area contributed by atoms with Gasteiger partial charge in [0.1, 0.15) is 12.0 Å². The first kappa shape index (κ1) is 15.1. The van der Waals surface area contributed by atoms with Crippen molar-refractivity contribution < 1.29 is 18.7 Å². The predicted molar refractivity (Wildman–Crippen MR) is 77.8 cm³/mol. The molecule has 0 atom stereocenters. The van der Waals surface area contributed by atoms with Gasteiger partial charge in [0.2, 0.25) is 0 Å². The zero-order valence-electron chi connectivity index (χ0n) is 12.7. The van der Waals surface area contributed by atoms with Crippen LogP contribution in [0.2, 0.25) is 0 Å². The van der Waals surface area contributed by atoms with E-state index in [4.69, 9.17) is 13.9 Å². The fourth-order valence-electron chi connectivity index (χ4n) is 2.06. The van der Waals surface area contributed by atoms with E-state index in [1.807, 2.05) is 25.1 Å². The van der Waals surface area contributed by atoms with E-state index in [0.29, 0.717) is 11.7 Å². The second-order valence-corrected chi connectivity index (χ2v) is 4.99. The van der Waals surface area contributed by atoms with E-state index in [0.717, 1.165) is 5.56 Å². The van der Waals surface area contributed by atoms with Crippen LogP contribution in [0.1, 0.15) is 48.3 Å². The molecule has 0 radical (unpaired) electrons. The van der Waals surface area contributed by atoms with Crippen LogP contribution in [0.4, 0.5) is 0 Å². The van der Waals surface area contributed by atoms with E-state index in [1.54, 1.807) is 6.92 Å². The van der Waals surface area contributed by atoms with Crippen LogP contribution in [0, 0.1) is 6.92 Å². The Kier molecular flexibility index (Phi) is 4.62. The molecule has 0 fully saturated rings. The van der Waals surface area contributed by atoms with E-state index in [-0.39, 0.29) is 18.4 Å². The van der Waals surface area contributed by atoms with Crippen molar-refractivity contribution in [3.05, 3.63) is 41.3 Å². The number of nitrogens with zero attached hydrogens (tertiary/aromatic N) is 1. The molecule has 0 aliphatic carbocycles. The predicted octanol–water partition coefficient (Wildman–Crippen LogP) is 4.08. The smallest absolute Gasteiger partial charge is 0.399 e. The lowest BCUT2D eigenvalue weighted by Crippen LogP contribution is -2.04. The summed E-state index contributed by atoms with van der Waals surface area (Å²) >= 11 is 0. The Bertz CT molecular complexity index is 631. The molecule has 0 saturated carbocycles. The molecule has 0 N–H and O–H groups in total. The molecule has 0 aliphatic heterocycles. The molecular formula is C16H19NO4. The van der Waals surface area contributed by atoms with Crippen molar-refractivity contribution in [1.82, 2.24) is 4.98 Å². The van der Waals surface area contributed by atoms with Crippen LogP contribution in [0.25, 0.3) is 0 Å². The van der Waals surface area contributed by atoms with Crippen LogP contribution in [-0.2, 0) is 4.74 Å². The largest absolute Gasteiger partial charge is 0.461 e. The molecule has 1 aromatic heterocycles. The summed E-state index contributed by atoms with van der Waals surface area (Å²) in [5, 5.41) is 0. The molecule has 2 rings (SSSR count). The number of esters is 1. The first-order valence-corrected chi connectivity index (χ1v) is 6.92. The third-order valence-corrected chi connectivity index (χ3v) is 3.04. The second kappa shape index (κ2) is 6.43. The van der Waals surface area contributed by atoms with Crippen LogP contribution in [0.3, 0.4) is 0 Å². The van der Waals surface area contributed by atoms with Gasteiger partial charge in [-0.2, -0.15) is 4.98 Å². The Morgan fingerprint density at radius 3 is 2.76 bits per heavy atom. The lowest BCUT2D eigenvalue weighted by atomic mass is 9.98. The third-order valence-electron chi connectivity index (χ3n) is 3.04. The van der Waals surface area contributed by atoms with Crippen LogP contribution in [0.5, 0.6) is 11.8 Å². The zero-order valence-corrected chi connectivity index (χ0v) is 12.7. The molecule has 0 unspecified atom stereocenters. The molecule has 1 aromatic carbocycles. The lowest BCUT2D eigenvalue weighted by Gasteiger charge is -2.10. The van der Waals surface area contributed by atoms with Crippen LogP contribution >= 0.6 is 0 Å². The van der Waals surface area contributed by atoms with Crippen molar-refractivity contribution in [3.8, 4) is 11.8 Å². The highest BCUT2D eigenvalue weighted by atomic mass is 16.6. The van der Waals surface area contributed by atoms with Gasteiger partial charge in [-0.1, -0.05) is 19.9 Å². The molecule has 0 aliphatic rings. The van der Waals surface area contributed by atoms with Gasteiger partial charge in [-0.05, 0) is 43.0 Å². The molecule has 5 heteroatoms. The van der Waals surface area contributed by atoms with Gasteiger partial charge in [0, 0.05) is 0 Å². The van der Waals surface area contributed by atoms with Crippen molar-refractivity contribution in [2.45, 2.75) is 33.6 Å². The quantitative estimate of drug-likeness (QED) is 0.776. The number of aromatic nitrogens is 1. The topological polar surface area (TPSA) is 61.6 Å². The van der Waals surface area contributed by atoms with E-state index in [9.17, 15) is 4.79 Å². The number of hydrogen-bond donors (Lipinski definition) is 0. The molecule has 2 aromatic rings. The average molecular weight is 289 g/mol. The normalized spacial score (nSPS) is 10.7. The number of carbonyl (C=O) groups excluding carboxylic acids is 1. The summed E-state index contributed by atoms with van der Waals surface area (Å²) < 4.78 is 15.5. The lowest BCUT2D eigenvalue weighted by molar-refractivity contribution is 0.0519. The maximum Gasteiger partial charge on any atom is 0.399 e. The van der Waals surface area contributed by atoms with E-state index in [1.165, 1.54) is 11.8 Å². The van der Waals surface area contributed by atoms with Crippen molar-refractivity contribution in [1.29, 1.82) is 0 Å². The van der Waals surface area contributed by atoms with Gasteiger partial charge >= 0.3 is 12.0 Å². The fourth-order valence-corrected chi connectivity index (χ4v) is 2.06. The van der Waals surface area contributed by atoms with Gasteiger partial charge in [-0.3, -0.25) is 0 Å². The monoisotopic (exact) mass is 289 g/mol. The molecule has 0 bridgehead atoms. The van der Waals surface area contributed by atoms with E-state index >= 15 is 0 Å². The third kappa shape index (κ3) is 3.62. The average Bonchev–Trinajstić information content (AvgIpc) is 2.87. The van der Waals surface area contributed by atoms with Gasteiger partial charge in [0.05, 0.1) is 6.61 Å². The highest BCUT2D eigenvalue weighted by Gasteiger charge is 2.15. The molecular weight excluding hydrogens is 270 g/mol. The van der Waals surface area contributed by atoms with Crippen LogP contribution < -0.4 is 4.74 Å². The van der Waals surface area contributed by atoms with Crippen molar-refractivity contribution in [2.24, 2.45) is 0 Å². The number of carbonyl (C=O) groups is 1. The summed E-state index contributed by atoms with van der Waals surface area (Å²) in [5.41, 5.74) is 2.50. The van der Waals surface area contributed by atoms with Crippen molar-refractivity contribution >= 4 is 5.97 Å². The standard InChI is InChI=1S/C16H19NO4/c1-5-19-15(18)14-9-20-16(17-14)21-12-6-7-13(10(2)3)11(4)8-12/h6-10H,5H2,1-4H3. The Hall–Kier alpha value is -2.30. The van der Waals surface area contributed by atoms with E-state index < -0.39 is 5.97 Å². The van der Waals surface area contributed by atoms with Gasteiger partial charge < -0.3 is 13.9 Å². The summed E-state index contributed by atoms with van der Waals surface area (Å²) in [7, 11) is 0. The number of oxazole rings is 1. The molecule has 112 valence electrons. The Labute approximate surface area is 123 Å². The Balaban J connectivity index is 2.12. The van der Waals surface area contributed by atoms with Crippen LogP contribution in [0.15, 0.2) is 28.9 Å². The molecule has 0 saturated heterocycles. The van der Waals surface area contributed by atoms with Gasteiger partial charge in [-0.25, -0.2) is 4.79 Å². The summed E-state index contributed by atoms with van der Waals surface area (Å²) in [5.74, 6) is 0.549. The highest BCUT2D eigenvalue weighted by Crippen LogP contribution is 2.26. The summed E-state index contributed by atoms with van der Waals surface area (Å²) in [6, 6.07) is 5.80. The number of benzene rings is 1. The first-order valence-electron chi connectivity index (χ1n) is 6.92. The molecule has 1 heterocycles. The number of ether oxygens (including phenoxy) is 2. The molecule has 0 amide bonds. The number of hydrogen-bond acceptors (Lipinski definition) is 5. The minimum absolute atomic E-state index is 0.0229. The molecule has 5 nitrogen and oxygen atoms in total. The molecule has 0 spiro atoms. The number of rotatable bonds is 5.